The summed E-state index contributed by atoms with van der Waals surface area (Å²) < 4.78 is 28.3. The molecule has 1 aromatic carbocycles. The van der Waals surface area contributed by atoms with E-state index in [1.54, 1.807) is 12.1 Å². The average Bonchev–Trinajstić information content (AvgIpc) is 2.62. The van der Waals surface area contributed by atoms with Crippen LogP contribution in [-0.4, -0.2) is 37.2 Å². The van der Waals surface area contributed by atoms with Crippen LogP contribution in [0.5, 0.6) is 5.75 Å². The first-order valence-electron chi connectivity index (χ1n) is 6.32. The molecule has 0 saturated carbocycles. The van der Waals surface area contributed by atoms with E-state index in [-0.39, 0.29) is 17.5 Å². The zero-order valence-corrected chi connectivity index (χ0v) is 11.6. The molecule has 3 N–H and O–H groups in total. The Morgan fingerprint density at radius 3 is 2.47 bits per heavy atom. The van der Waals surface area contributed by atoms with Gasteiger partial charge in [0.15, 0.2) is 9.84 Å². The molecule has 1 saturated heterocycles. The predicted octanol–water partition coefficient (Wildman–Crippen LogP) is 0.633. The lowest BCUT2D eigenvalue weighted by Crippen LogP contribution is -2.29. The fraction of sp³-hybridized carbons (Fsp3) is 0.538. The van der Waals surface area contributed by atoms with Crippen molar-refractivity contribution in [2.75, 3.05) is 11.5 Å². The zero-order valence-electron chi connectivity index (χ0n) is 10.8. The molecule has 2 unspecified atom stereocenters. The highest BCUT2D eigenvalue weighted by Gasteiger charge is 2.38. The van der Waals surface area contributed by atoms with Crippen molar-refractivity contribution < 1.29 is 18.3 Å². The van der Waals surface area contributed by atoms with Gasteiger partial charge in [0.1, 0.15) is 18.0 Å². The number of ether oxygens (including phenoxy) is 1. The third-order valence-electron chi connectivity index (χ3n) is 3.31. The minimum atomic E-state index is -3.19. The van der Waals surface area contributed by atoms with E-state index in [0.29, 0.717) is 5.75 Å². The molecule has 1 heterocycles. The van der Waals surface area contributed by atoms with Gasteiger partial charge < -0.3 is 15.6 Å². The standard InChI is InChI=1S/C13H19NO4S/c1-2-11(14)9-3-5-10(6-4-9)18-13-8-19(16,17)7-12(13)15/h3-6,11-13,15H,2,7-8,14H2,1H3/t11-,12?,13?/m0/s1. The van der Waals surface area contributed by atoms with Gasteiger partial charge in [-0.15, -0.1) is 0 Å². The van der Waals surface area contributed by atoms with Crippen LogP contribution >= 0.6 is 0 Å². The number of hydrogen-bond donors (Lipinski definition) is 2. The summed E-state index contributed by atoms with van der Waals surface area (Å²) in [4.78, 5) is 0. The summed E-state index contributed by atoms with van der Waals surface area (Å²) >= 11 is 0. The lowest BCUT2D eigenvalue weighted by atomic mass is 10.1. The molecule has 3 atom stereocenters. The Labute approximate surface area is 113 Å². The van der Waals surface area contributed by atoms with Gasteiger partial charge in [-0.3, -0.25) is 0 Å². The van der Waals surface area contributed by atoms with Gasteiger partial charge in [0.2, 0.25) is 0 Å². The summed E-state index contributed by atoms with van der Waals surface area (Å²) in [6.07, 6.45) is -0.793. The van der Waals surface area contributed by atoms with Crippen LogP contribution in [0.15, 0.2) is 24.3 Å². The quantitative estimate of drug-likeness (QED) is 0.847. The first-order chi connectivity index (χ1) is 8.91. The monoisotopic (exact) mass is 285 g/mol. The van der Waals surface area contributed by atoms with Crippen molar-refractivity contribution in [2.45, 2.75) is 31.6 Å². The second-order valence-electron chi connectivity index (χ2n) is 4.88. The molecule has 0 spiro atoms. The van der Waals surface area contributed by atoms with Crippen molar-refractivity contribution in [3.8, 4) is 5.75 Å². The fourth-order valence-electron chi connectivity index (χ4n) is 2.11. The lowest BCUT2D eigenvalue weighted by Gasteiger charge is -2.16. The van der Waals surface area contributed by atoms with Crippen LogP contribution in [0.4, 0.5) is 0 Å². The molecule has 1 aliphatic heterocycles. The maximum atomic E-state index is 11.4. The van der Waals surface area contributed by atoms with E-state index in [4.69, 9.17) is 10.5 Å². The smallest absolute Gasteiger partial charge is 0.156 e. The van der Waals surface area contributed by atoms with Gasteiger partial charge in [-0.05, 0) is 24.1 Å². The SMILES string of the molecule is CC[C@H](N)c1ccc(OC2CS(=O)(=O)CC2O)cc1. The number of rotatable bonds is 4. The third-order valence-corrected chi connectivity index (χ3v) is 4.99. The molecule has 1 aromatic rings. The number of aliphatic hydroxyl groups is 1. The number of benzene rings is 1. The van der Waals surface area contributed by atoms with Crippen molar-refractivity contribution in [3.05, 3.63) is 29.8 Å². The Morgan fingerprint density at radius 2 is 2.00 bits per heavy atom. The Hall–Kier alpha value is -1.11. The van der Waals surface area contributed by atoms with Crippen molar-refractivity contribution in [3.63, 3.8) is 0 Å². The summed E-state index contributed by atoms with van der Waals surface area (Å²) in [5.74, 6) is 0.189. The normalized spacial score (nSPS) is 27.1. The number of aliphatic hydroxyl groups excluding tert-OH is 1. The summed E-state index contributed by atoms with van der Waals surface area (Å²) in [6, 6.07) is 7.22. The van der Waals surface area contributed by atoms with Crippen LogP contribution in [0.25, 0.3) is 0 Å². The van der Waals surface area contributed by atoms with Crippen LogP contribution < -0.4 is 10.5 Å². The van der Waals surface area contributed by atoms with Crippen molar-refractivity contribution in [1.29, 1.82) is 0 Å². The molecule has 19 heavy (non-hydrogen) atoms. The van der Waals surface area contributed by atoms with Gasteiger partial charge in [0.25, 0.3) is 0 Å². The molecule has 6 heteroatoms. The minimum absolute atomic E-state index is 0.00787. The molecule has 0 bridgehead atoms. The first kappa shape index (κ1) is 14.3. The van der Waals surface area contributed by atoms with Gasteiger partial charge >= 0.3 is 0 Å². The Kier molecular flexibility index (Phi) is 4.13. The first-order valence-corrected chi connectivity index (χ1v) is 8.14. The van der Waals surface area contributed by atoms with Crippen LogP contribution in [0.2, 0.25) is 0 Å². The highest BCUT2D eigenvalue weighted by Crippen LogP contribution is 2.22. The second kappa shape index (κ2) is 5.48. The van der Waals surface area contributed by atoms with Crippen LogP contribution in [0, 0.1) is 0 Å². The van der Waals surface area contributed by atoms with E-state index < -0.39 is 22.0 Å². The molecular weight excluding hydrogens is 266 g/mol. The highest BCUT2D eigenvalue weighted by atomic mass is 32.2. The van der Waals surface area contributed by atoms with Crippen LogP contribution in [0.3, 0.4) is 0 Å². The number of nitrogens with two attached hydrogens (primary N) is 1. The van der Waals surface area contributed by atoms with Gasteiger partial charge in [-0.2, -0.15) is 0 Å². The lowest BCUT2D eigenvalue weighted by molar-refractivity contribution is 0.0738. The summed E-state index contributed by atoms with van der Waals surface area (Å²) in [7, 11) is -3.19. The molecule has 2 rings (SSSR count). The Balaban J connectivity index is 2.04. The Morgan fingerprint density at radius 1 is 1.37 bits per heavy atom. The maximum Gasteiger partial charge on any atom is 0.156 e. The molecule has 0 aliphatic carbocycles. The molecule has 0 aromatic heterocycles. The van der Waals surface area contributed by atoms with Crippen LogP contribution in [-0.2, 0) is 9.84 Å². The van der Waals surface area contributed by atoms with Gasteiger partial charge in [0.05, 0.1) is 11.5 Å². The second-order valence-corrected chi connectivity index (χ2v) is 7.04. The molecule has 0 amide bonds. The largest absolute Gasteiger partial charge is 0.487 e. The van der Waals surface area contributed by atoms with E-state index in [1.807, 2.05) is 19.1 Å². The predicted molar refractivity (Wildman–Crippen MR) is 72.7 cm³/mol. The summed E-state index contributed by atoms with van der Waals surface area (Å²) in [6.45, 7) is 2.01. The third kappa shape index (κ3) is 3.46. The van der Waals surface area contributed by atoms with E-state index in [0.717, 1.165) is 12.0 Å². The Bertz CT molecular complexity index is 526. The zero-order chi connectivity index (χ0) is 14.0. The van der Waals surface area contributed by atoms with E-state index in [2.05, 4.69) is 0 Å². The number of sulfone groups is 1. The molecular formula is C13H19NO4S. The van der Waals surface area contributed by atoms with Crippen LogP contribution in [0.1, 0.15) is 24.9 Å². The fourth-order valence-corrected chi connectivity index (χ4v) is 3.78. The topological polar surface area (TPSA) is 89.6 Å². The molecule has 1 aliphatic rings. The summed E-state index contributed by atoms with van der Waals surface area (Å²) in [5, 5.41) is 9.64. The molecule has 0 radical (unpaired) electrons. The molecule has 5 nitrogen and oxygen atoms in total. The van der Waals surface area contributed by atoms with E-state index in [1.165, 1.54) is 0 Å². The van der Waals surface area contributed by atoms with Crippen molar-refractivity contribution in [2.24, 2.45) is 5.73 Å². The summed E-state index contributed by atoms with van der Waals surface area (Å²) in [5.41, 5.74) is 6.91. The average molecular weight is 285 g/mol. The minimum Gasteiger partial charge on any atom is -0.487 e. The number of hydrogen-bond acceptors (Lipinski definition) is 5. The molecule has 106 valence electrons. The molecule has 1 fully saturated rings. The van der Waals surface area contributed by atoms with E-state index in [9.17, 15) is 13.5 Å². The van der Waals surface area contributed by atoms with Crippen molar-refractivity contribution in [1.82, 2.24) is 0 Å². The van der Waals surface area contributed by atoms with Gasteiger partial charge in [-0.1, -0.05) is 19.1 Å². The van der Waals surface area contributed by atoms with Gasteiger partial charge in [0, 0.05) is 6.04 Å². The van der Waals surface area contributed by atoms with Gasteiger partial charge in [-0.25, -0.2) is 8.42 Å². The van der Waals surface area contributed by atoms with Crippen molar-refractivity contribution >= 4 is 9.84 Å². The van der Waals surface area contributed by atoms with E-state index >= 15 is 0 Å². The maximum absolute atomic E-state index is 11.4. The highest BCUT2D eigenvalue weighted by molar-refractivity contribution is 7.91.